The zero-order valence-corrected chi connectivity index (χ0v) is 61.3. The molecule has 0 saturated carbocycles. The second kappa shape index (κ2) is 30.2. The molecule has 84 heavy (non-hydrogen) atoms. The summed E-state index contributed by atoms with van der Waals surface area (Å²) >= 11 is 0. The summed E-state index contributed by atoms with van der Waals surface area (Å²) in [7, 11) is -33.6. The summed E-state index contributed by atoms with van der Waals surface area (Å²) < 4.78 is 219. The van der Waals surface area contributed by atoms with Gasteiger partial charge < -0.3 is 48.6 Å². The minimum absolute atomic E-state index is 0. The van der Waals surface area contributed by atoms with Crippen LogP contribution in [-0.2, 0) is 60.7 Å². The van der Waals surface area contributed by atoms with Crippen LogP contribution < -0.4 is 199 Å². The first-order valence-corrected chi connectivity index (χ1v) is 29.7. The third kappa shape index (κ3) is 18.1. The molecule has 0 atom stereocenters. The number of nitrogens with one attached hydrogen (secondary N) is 4. The van der Waals surface area contributed by atoms with Crippen molar-refractivity contribution in [3.63, 3.8) is 0 Å². The van der Waals surface area contributed by atoms with Crippen molar-refractivity contribution in [1.82, 2.24) is 0 Å². The van der Waals surface area contributed by atoms with Gasteiger partial charge in [0.05, 0.1) is 52.1 Å². The van der Waals surface area contributed by atoms with Gasteiger partial charge in [0.15, 0.2) is 0 Å². The number of carbonyl (C=O) groups is 3. The van der Waals surface area contributed by atoms with Gasteiger partial charge >= 0.3 is 183 Å². The van der Waals surface area contributed by atoms with Crippen molar-refractivity contribution in [1.29, 1.82) is 0 Å². The fourth-order valence-electron chi connectivity index (χ4n) is 8.12. The zero-order valence-electron chi connectivity index (χ0n) is 44.4. The van der Waals surface area contributed by atoms with Gasteiger partial charge in [-0.1, -0.05) is 60.7 Å². The van der Waals surface area contributed by atoms with Crippen LogP contribution >= 0.6 is 0 Å². The molecule has 0 heterocycles. The van der Waals surface area contributed by atoms with E-state index in [-0.39, 0.29) is 223 Å². The van der Waals surface area contributed by atoms with E-state index in [1.807, 2.05) is 0 Å². The smallest absolute Gasteiger partial charge is 0.744 e. The number of para-hydroxylation sites is 2. The van der Waals surface area contributed by atoms with E-state index in [0.29, 0.717) is 35.4 Å². The molecule has 0 aliphatic rings. The molecule has 0 spiro atoms. The molecule has 37 heteroatoms. The molecule has 8 aromatic rings. The van der Waals surface area contributed by atoms with E-state index in [2.05, 4.69) is 21.3 Å². The van der Waals surface area contributed by atoms with Crippen molar-refractivity contribution >= 4 is 123 Å². The van der Waals surface area contributed by atoms with Crippen LogP contribution in [0.25, 0.3) is 43.8 Å². The van der Waals surface area contributed by atoms with E-state index in [1.165, 1.54) is 60.7 Å². The van der Waals surface area contributed by atoms with Crippen LogP contribution in [0.3, 0.4) is 0 Å². The second-order valence-corrected chi connectivity index (χ2v) is 24.5. The number of urea groups is 1. The molecule has 0 aromatic heterocycles. The monoisotopic (exact) mass is 1310 g/mol. The van der Waals surface area contributed by atoms with Gasteiger partial charge in [0.1, 0.15) is 60.7 Å². The zero-order chi connectivity index (χ0) is 57.1. The number of benzene rings is 8. The summed E-state index contributed by atoms with van der Waals surface area (Å²) in [6.45, 7) is 0. The molecule has 0 radical (unpaired) electrons. The van der Waals surface area contributed by atoms with Gasteiger partial charge in [0.25, 0.3) is 11.8 Å². The first kappa shape index (κ1) is 78.0. The molecule has 8 rings (SSSR count). The number of carbonyl (C=O) groups excluding carboxylic acids is 3. The maximum atomic E-state index is 13.8. The van der Waals surface area contributed by atoms with E-state index in [0.717, 1.165) is 12.1 Å². The third-order valence-corrected chi connectivity index (χ3v) is 16.5. The van der Waals surface area contributed by atoms with Gasteiger partial charge in [-0.2, -0.15) is 0 Å². The number of rotatable bonds is 14. The molecule has 0 unspecified atom stereocenters. The van der Waals surface area contributed by atoms with E-state index < -0.39 is 141 Å². The molecular weight excluding hydrogens is 1290 g/mol. The number of hydrogen-bond donors (Lipinski definition) is 4. The fraction of sp³-hybridized carbons (Fsp3) is 0. The van der Waals surface area contributed by atoms with Gasteiger partial charge in [-0.3, -0.25) is 9.59 Å². The molecule has 8 aromatic carbocycles. The van der Waals surface area contributed by atoms with Crippen LogP contribution in [0.15, 0.2) is 175 Å². The second-order valence-electron chi connectivity index (χ2n) is 16.4. The predicted molar refractivity (Wildman–Crippen MR) is 268 cm³/mol. The van der Waals surface area contributed by atoms with Crippen molar-refractivity contribution in [2.75, 3.05) is 21.3 Å². The Hall–Kier alpha value is -2.05. The first-order valence-electron chi connectivity index (χ1n) is 21.3. The summed E-state index contributed by atoms with van der Waals surface area (Å²) in [5.74, 6) is -2.04. The molecule has 4 N–H and O–H groups in total. The maximum Gasteiger partial charge on any atom is 1.00 e. The van der Waals surface area contributed by atoms with E-state index >= 15 is 0 Å². The van der Waals surface area contributed by atoms with Gasteiger partial charge in [-0.15, -0.1) is 0 Å². The Morgan fingerprint density at radius 1 is 0.310 bits per heavy atom. The standard InChI is InChI=1S/C47H34N4O21S6.6Na/c52-45(48-37-15-17-39(75(61,62)63)33-21-29(73(55,56)57)23-41(43(33)37)77(67,68)69)27-9-5-7-25(19-27)31-11-1-3-13-35(31)50-47(54)51-36-14-4-2-12-32(36)26-8-6-10-28(20-26)46(53)49-38-16-18-40(76(64,65)66)34-22-30(74(58,59)60)24-42(44(34)38)78(70,71)72;;;;;;/h1-24H,(H,48,52)(H,49,53)(H2,50,51,54)(H,55,56,57)(H,58,59,60)(H,61,62,63)(H,64,65,66)(H,67,68,69)(H,70,71,72);;;;;;/q;6*+1/p-6. The predicted octanol–water partition coefficient (Wildman–Crippen LogP) is -13.1. The first-order chi connectivity index (χ1) is 36.2. The van der Waals surface area contributed by atoms with E-state index in [1.54, 1.807) is 36.4 Å². The van der Waals surface area contributed by atoms with Crippen molar-refractivity contribution in [3.8, 4) is 22.3 Å². The Kier molecular flexibility index (Phi) is 28.0. The Labute approximate surface area is 612 Å². The van der Waals surface area contributed by atoms with Crippen LogP contribution in [0.1, 0.15) is 20.7 Å². The Morgan fingerprint density at radius 2 is 0.631 bits per heavy atom. The van der Waals surface area contributed by atoms with Crippen LogP contribution in [0, 0.1) is 0 Å². The Morgan fingerprint density at radius 3 is 0.940 bits per heavy atom. The summed E-state index contributed by atoms with van der Waals surface area (Å²) in [4.78, 5) is 33.3. The molecule has 0 aliphatic heterocycles. The summed E-state index contributed by atoms with van der Waals surface area (Å²) in [5.41, 5.74) is 0.00367. The molecule has 0 aliphatic carbocycles. The minimum atomic E-state index is -5.74. The topological polar surface area (TPSA) is 443 Å². The molecular formula is C47H28N4Na6O21S6. The average molecular weight is 1320 g/mol. The average Bonchev–Trinajstić information content (AvgIpc) is 3.41. The van der Waals surface area contributed by atoms with Crippen molar-refractivity contribution < 1.29 is 270 Å². The van der Waals surface area contributed by atoms with Gasteiger partial charge in [-0.25, -0.2) is 55.3 Å². The van der Waals surface area contributed by atoms with Gasteiger partial charge in [0, 0.05) is 43.8 Å². The third-order valence-electron chi connectivity index (χ3n) is 11.4. The van der Waals surface area contributed by atoms with Crippen LogP contribution in [-0.4, -0.2) is 95.7 Å². The van der Waals surface area contributed by atoms with Gasteiger partial charge in [0.2, 0.25) is 0 Å². The number of anilines is 4. The fourth-order valence-corrected chi connectivity index (χ4v) is 12.1. The number of fused-ring (bicyclic) bond motifs is 2. The molecule has 0 saturated heterocycles. The maximum absolute atomic E-state index is 13.8. The summed E-state index contributed by atoms with van der Waals surface area (Å²) in [6.07, 6.45) is 0. The minimum Gasteiger partial charge on any atom is -0.744 e. The molecule has 404 valence electrons. The van der Waals surface area contributed by atoms with Crippen LogP contribution in [0.2, 0.25) is 0 Å². The van der Waals surface area contributed by atoms with Crippen molar-refractivity contribution in [2.45, 2.75) is 29.4 Å². The SMILES string of the molecule is O=C(Nc1ccccc1-c1cccc(C(=O)Nc2ccc(S(=O)(=O)[O-])c3cc(S(=O)(=O)[O-])cc(S(=O)(=O)[O-])c23)c1)Nc1ccccc1-c1cccc(C(=O)Nc2ccc(S(=O)(=O)[O-])c3cc(S(=O)(=O)[O-])cc(S(=O)(=O)[O-])c23)c1.[Na+].[Na+].[Na+].[Na+].[Na+].[Na+]. The summed E-state index contributed by atoms with van der Waals surface area (Å²) in [6, 6.07) is 26.4. The normalized spacial score (nSPS) is 11.6. The van der Waals surface area contributed by atoms with E-state index in [9.17, 15) is 92.2 Å². The van der Waals surface area contributed by atoms with Crippen LogP contribution in [0.4, 0.5) is 27.5 Å². The largest absolute Gasteiger partial charge is 1.00 e. The Balaban J connectivity index is 0.00000401. The van der Waals surface area contributed by atoms with E-state index in [4.69, 9.17) is 0 Å². The number of amides is 4. The van der Waals surface area contributed by atoms with Gasteiger partial charge in [-0.05, 0) is 96.1 Å². The molecule has 4 amide bonds. The van der Waals surface area contributed by atoms with Crippen molar-refractivity contribution in [3.05, 3.63) is 157 Å². The van der Waals surface area contributed by atoms with Crippen LogP contribution in [0.5, 0.6) is 0 Å². The van der Waals surface area contributed by atoms with Crippen molar-refractivity contribution in [2.24, 2.45) is 0 Å². The molecule has 0 fully saturated rings. The quantitative estimate of drug-likeness (QED) is 0.0580. The molecule has 25 nitrogen and oxygen atoms in total. The Bertz CT molecular complexity index is 4370. The summed E-state index contributed by atoms with van der Waals surface area (Å²) in [5, 5.41) is 6.29. The molecule has 0 bridgehead atoms. The number of hydrogen-bond acceptors (Lipinski definition) is 21.